The molecular formula is C39H45F5N6O2. The summed E-state index contributed by atoms with van der Waals surface area (Å²) in [5.74, 6) is 1.75. The predicted octanol–water partition coefficient (Wildman–Crippen LogP) is 7.65. The zero-order valence-electron chi connectivity index (χ0n) is 29.9. The number of terminal acetylenes is 1. The van der Waals surface area contributed by atoms with Crippen LogP contribution in [0.3, 0.4) is 0 Å². The monoisotopic (exact) mass is 724 g/mol. The molecule has 0 spiro atoms. The maximum atomic E-state index is 17.0. The number of piperidine rings is 1. The summed E-state index contributed by atoms with van der Waals surface area (Å²) in [6.45, 7) is 10.7. The number of piperazine rings is 1. The first kappa shape index (κ1) is 37.6. The number of nitrogens with zero attached hydrogens (tertiary/aromatic N) is 5. The van der Waals surface area contributed by atoms with Gasteiger partial charge in [-0.15, -0.1) is 19.6 Å². The van der Waals surface area contributed by atoms with E-state index in [0.29, 0.717) is 85.2 Å². The third kappa shape index (κ3) is 8.09. The summed E-state index contributed by atoms with van der Waals surface area (Å²) in [4.78, 5) is 18.7. The molecule has 0 amide bonds. The van der Waals surface area contributed by atoms with E-state index in [9.17, 15) is 17.6 Å². The van der Waals surface area contributed by atoms with E-state index in [4.69, 9.17) is 21.1 Å². The van der Waals surface area contributed by atoms with Crippen molar-refractivity contribution in [2.45, 2.75) is 71.8 Å². The molecule has 1 aliphatic carbocycles. The van der Waals surface area contributed by atoms with Crippen LogP contribution in [0.15, 0.2) is 30.3 Å². The normalized spacial score (nSPS) is 17.9. The second kappa shape index (κ2) is 15.9. The van der Waals surface area contributed by atoms with Gasteiger partial charge < -0.3 is 19.9 Å². The number of fused-ring (bicyclic) bond motifs is 2. The summed E-state index contributed by atoms with van der Waals surface area (Å²) >= 11 is 0. The number of hydrogen-bond acceptors (Lipinski definition) is 8. The van der Waals surface area contributed by atoms with Crippen LogP contribution in [0, 0.1) is 29.4 Å². The molecule has 2 aliphatic heterocycles. The Morgan fingerprint density at radius 1 is 0.981 bits per heavy atom. The van der Waals surface area contributed by atoms with E-state index in [1.165, 1.54) is 6.07 Å². The van der Waals surface area contributed by atoms with Crippen molar-refractivity contribution in [1.82, 2.24) is 25.2 Å². The third-order valence-corrected chi connectivity index (χ3v) is 9.98. The van der Waals surface area contributed by atoms with E-state index in [1.807, 2.05) is 20.8 Å². The largest absolute Gasteiger partial charge is 0.522 e. The fourth-order valence-electron chi connectivity index (χ4n) is 7.26. The van der Waals surface area contributed by atoms with Crippen LogP contribution in [-0.2, 0) is 11.2 Å². The zero-order chi connectivity index (χ0) is 37.0. The Hall–Kier alpha value is -4.12. The highest BCUT2D eigenvalue weighted by molar-refractivity contribution is 6.02. The first-order chi connectivity index (χ1) is 25.1. The molecule has 0 atom stereocenters. The minimum Gasteiger partial charge on any atom is -0.463 e. The molecule has 0 unspecified atom stereocenters. The quantitative estimate of drug-likeness (QED) is 0.132. The van der Waals surface area contributed by atoms with Crippen molar-refractivity contribution in [3.05, 3.63) is 53.2 Å². The SMILES string of the molecule is C#Cc1c(F)ccc2cccc(-c3nc(CCC)c4c(N5CCNCC5)nc(OCC5(CN6CCC(OC(F)(F)F)CC6)CC5)nc4c3F)c12.CC. The molecule has 52 heavy (non-hydrogen) atoms. The Morgan fingerprint density at radius 3 is 2.37 bits per heavy atom. The molecule has 2 saturated heterocycles. The van der Waals surface area contributed by atoms with Crippen molar-refractivity contribution in [2.75, 3.05) is 57.3 Å². The predicted molar refractivity (Wildman–Crippen MR) is 192 cm³/mol. The second-order valence-corrected chi connectivity index (χ2v) is 13.6. The van der Waals surface area contributed by atoms with Gasteiger partial charge in [-0.2, -0.15) is 9.97 Å². The molecule has 8 nitrogen and oxygen atoms in total. The summed E-state index contributed by atoms with van der Waals surface area (Å²) < 4.78 is 80.6. The number of nitrogens with one attached hydrogen (secondary N) is 1. The molecule has 13 heteroatoms. The number of alkyl halides is 3. The average Bonchev–Trinajstić information content (AvgIpc) is 3.92. The van der Waals surface area contributed by atoms with E-state index < -0.39 is 24.1 Å². The van der Waals surface area contributed by atoms with Crippen molar-refractivity contribution < 1.29 is 31.4 Å². The number of halogens is 5. The molecule has 1 N–H and O–H groups in total. The number of pyridine rings is 1. The number of aromatic nitrogens is 3. The first-order valence-electron chi connectivity index (χ1n) is 18.2. The van der Waals surface area contributed by atoms with Crippen molar-refractivity contribution >= 4 is 27.5 Å². The first-order valence-corrected chi connectivity index (χ1v) is 18.2. The van der Waals surface area contributed by atoms with Crippen LogP contribution >= 0.6 is 0 Å². The van der Waals surface area contributed by atoms with Gasteiger partial charge in [0, 0.05) is 62.2 Å². The minimum absolute atomic E-state index is 0.0288. The van der Waals surface area contributed by atoms with Crippen molar-refractivity contribution in [1.29, 1.82) is 0 Å². The standard InChI is InChI=1S/C37H39F5N6O2.C2H6/c1-3-6-28-30-33(31(39)32(44-28)26-8-5-7-23-9-10-27(38)25(4-2)29(23)26)45-35(46-34(30)48-19-15-43-16-20-48)49-22-36(13-14-36)21-47-17-11-24(12-18-47)50-37(40,41)42;1-2/h2,5,7-10,24,43H,3,6,11-22H2,1H3;1-2H3. The number of aryl methyl sites for hydroxylation is 1. The van der Waals surface area contributed by atoms with Gasteiger partial charge in [0.05, 0.1) is 29.4 Å². The van der Waals surface area contributed by atoms with Gasteiger partial charge in [0.2, 0.25) is 0 Å². The van der Waals surface area contributed by atoms with Crippen LogP contribution in [0.25, 0.3) is 32.9 Å². The van der Waals surface area contributed by atoms with Crippen LogP contribution in [0.4, 0.5) is 27.8 Å². The van der Waals surface area contributed by atoms with Crippen molar-refractivity contribution in [2.24, 2.45) is 5.41 Å². The van der Waals surface area contributed by atoms with Crippen molar-refractivity contribution in [3.63, 3.8) is 0 Å². The van der Waals surface area contributed by atoms with E-state index >= 15 is 4.39 Å². The van der Waals surface area contributed by atoms with E-state index in [-0.39, 0.29) is 34.8 Å². The lowest BCUT2D eigenvalue weighted by molar-refractivity contribution is -0.345. The maximum absolute atomic E-state index is 17.0. The number of ether oxygens (including phenoxy) is 2. The Bertz CT molecular complexity index is 1930. The van der Waals surface area contributed by atoms with Gasteiger partial charge in [0.25, 0.3) is 0 Å². The smallest absolute Gasteiger partial charge is 0.463 e. The molecular weight excluding hydrogens is 679 g/mol. The Balaban J connectivity index is 0.00000228. The molecule has 4 heterocycles. The molecule has 0 radical (unpaired) electrons. The van der Waals surface area contributed by atoms with Crippen LogP contribution in [0.5, 0.6) is 6.01 Å². The Morgan fingerprint density at radius 2 is 1.71 bits per heavy atom. The molecule has 2 aromatic carbocycles. The van der Waals surface area contributed by atoms with Gasteiger partial charge in [0.1, 0.15) is 22.8 Å². The third-order valence-electron chi connectivity index (χ3n) is 9.98. The highest BCUT2D eigenvalue weighted by Gasteiger charge is 2.46. The molecule has 7 rings (SSSR count). The highest BCUT2D eigenvalue weighted by atomic mass is 19.4. The highest BCUT2D eigenvalue weighted by Crippen LogP contribution is 2.47. The van der Waals surface area contributed by atoms with Crippen LogP contribution in [0.2, 0.25) is 0 Å². The Kier molecular flexibility index (Phi) is 11.5. The summed E-state index contributed by atoms with van der Waals surface area (Å²) in [6, 6.07) is 8.23. The molecule has 3 aliphatic rings. The lowest BCUT2D eigenvalue weighted by Gasteiger charge is -2.34. The van der Waals surface area contributed by atoms with Gasteiger partial charge in [0.15, 0.2) is 5.82 Å². The summed E-state index contributed by atoms with van der Waals surface area (Å²) in [5, 5.41) is 4.94. The van der Waals surface area contributed by atoms with Crippen molar-refractivity contribution in [3.8, 4) is 29.6 Å². The van der Waals surface area contributed by atoms with Gasteiger partial charge >= 0.3 is 12.4 Å². The summed E-state index contributed by atoms with van der Waals surface area (Å²) in [5.41, 5.74) is 0.949. The molecule has 0 bridgehead atoms. The average molecular weight is 725 g/mol. The molecule has 2 aromatic heterocycles. The second-order valence-electron chi connectivity index (χ2n) is 13.6. The van der Waals surface area contributed by atoms with E-state index in [1.54, 1.807) is 24.3 Å². The summed E-state index contributed by atoms with van der Waals surface area (Å²) in [6.07, 6.45) is 3.94. The number of rotatable bonds is 10. The van der Waals surface area contributed by atoms with E-state index in [2.05, 4.69) is 30.8 Å². The molecule has 3 fully saturated rings. The number of likely N-dealkylation sites (tertiary alicyclic amines) is 1. The van der Waals surface area contributed by atoms with Crippen LogP contribution in [0.1, 0.15) is 64.1 Å². The maximum Gasteiger partial charge on any atom is 0.522 e. The summed E-state index contributed by atoms with van der Waals surface area (Å²) in [7, 11) is 0. The fourth-order valence-corrected chi connectivity index (χ4v) is 7.26. The zero-order valence-corrected chi connectivity index (χ0v) is 29.9. The molecule has 4 aromatic rings. The molecule has 1 saturated carbocycles. The van der Waals surface area contributed by atoms with Gasteiger partial charge in [-0.25, -0.2) is 13.8 Å². The topological polar surface area (TPSA) is 75.6 Å². The minimum atomic E-state index is -4.63. The van der Waals surface area contributed by atoms with Crippen LogP contribution < -0.4 is 15.0 Å². The van der Waals surface area contributed by atoms with Gasteiger partial charge in [-0.3, -0.25) is 4.74 Å². The lowest BCUT2D eigenvalue weighted by atomic mass is 9.95. The fraction of sp³-hybridized carbons (Fsp3) is 0.513. The number of benzene rings is 2. The number of hydrogen-bond donors (Lipinski definition) is 1. The number of anilines is 1. The lowest BCUT2D eigenvalue weighted by Crippen LogP contribution is -2.44. The molecule has 278 valence electrons. The van der Waals surface area contributed by atoms with Gasteiger partial charge in [-0.1, -0.05) is 57.4 Å². The van der Waals surface area contributed by atoms with E-state index in [0.717, 1.165) is 32.4 Å². The Labute approximate surface area is 301 Å². The van der Waals surface area contributed by atoms with Gasteiger partial charge in [-0.05, 0) is 43.6 Å². The van der Waals surface area contributed by atoms with Crippen LogP contribution in [-0.4, -0.2) is 84.7 Å².